The quantitative estimate of drug-likeness (QED) is 0.0933. The molecule has 0 unspecified atom stereocenters. The number of ether oxygens (including phenoxy) is 3. The largest absolute Gasteiger partial charge is 0.490 e. The van der Waals surface area contributed by atoms with Crippen molar-refractivity contribution in [1.29, 1.82) is 0 Å². The first-order chi connectivity index (χ1) is 19.3. The molecule has 0 aliphatic heterocycles. The molecule has 0 fully saturated rings. The summed E-state index contributed by atoms with van der Waals surface area (Å²) in [4.78, 5) is 25.1. The Hall–Kier alpha value is -4.33. The van der Waals surface area contributed by atoms with E-state index in [-0.39, 0.29) is 16.3 Å². The van der Waals surface area contributed by atoms with E-state index in [0.29, 0.717) is 28.7 Å². The van der Waals surface area contributed by atoms with Crippen LogP contribution < -0.4 is 19.6 Å². The van der Waals surface area contributed by atoms with Crippen LogP contribution in [0.15, 0.2) is 96.1 Å². The smallest absolute Gasteiger partial charge is 0.345 e. The Morgan fingerprint density at radius 2 is 1.62 bits per heavy atom. The summed E-state index contributed by atoms with van der Waals surface area (Å²) in [5, 5.41) is 4.61. The van der Waals surface area contributed by atoms with Crippen molar-refractivity contribution in [3.63, 3.8) is 0 Å². The fraction of sp³-hybridized carbons (Fsp3) is 0.129. The lowest BCUT2D eigenvalue weighted by Gasteiger charge is -2.13. The molecule has 4 aromatic rings. The average molecular weight is 577 g/mol. The summed E-state index contributed by atoms with van der Waals surface area (Å²) < 4.78 is 16.9. The van der Waals surface area contributed by atoms with Gasteiger partial charge in [0.1, 0.15) is 5.75 Å². The first-order valence-electron chi connectivity index (χ1n) is 12.4. The van der Waals surface area contributed by atoms with Crippen LogP contribution in [0.4, 0.5) is 0 Å². The molecule has 0 heterocycles. The first kappa shape index (κ1) is 28.7. The van der Waals surface area contributed by atoms with E-state index in [1.165, 1.54) is 18.3 Å². The molecule has 1 N–H and O–H groups in total. The van der Waals surface area contributed by atoms with Gasteiger partial charge in [-0.2, -0.15) is 5.10 Å². The molecule has 4 rings (SSSR count). The molecular weight excluding hydrogens is 551 g/mol. The van der Waals surface area contributed by atoms with E-state index in [2.05, 4.69) is 10.5 Å². The monoisotopic (exact) mass is 576 g/mol. The van der Waals surface area contributed by atoms with Crippen LogP contribution in [-0.2, 0) is 4.79 Å². The van der Waals surface area contributed by atoms with Gasteiger partial charge in [-0.25, -0.2) is 10.2 Å². The summed E-state index contributed by atoms with van der Waals surface area (Å²) in [5.74, 6) is 0.0303. The van der Waals surface area contributed by atoms with Crippen molar-refractivity contribution in [2.45, 2.75) is 20.0 Å². The standard InChI is InChI=1S/C31H26Cl2N2O5/c1-3-38-29-17-21(9-16-28(29)40-31(37)26-15-12-24(32)18-27(26)33)19-34-35-30(36)20(2)39-25-13-10-23(11-14-25)22-7-5-4-6-8-22/h4-20H,3H2,1-2H3,(H,35,36)/b34-19-/t20-/m0/s1. The molecule has 40 heavy (non-hydrogen) atoms. The van der Waals surface area contributed by atoms with Gasteiger partial charge >= 0.3 is 5.97 Å². The van der Waals surface area contributed by atoms with Crippen LogP contribution in [0.2, 0.25) is 10.0 Å². The third-order valence-corrected chi connectivity index (χ3v) is 6.20. The molecule has 0 radical (unpaired) electrons. The second kappa shape index (κ2) is 13.6. The molecule has 4 aromatic carbocycles. The van der Waals surface area contributed by atoms with E-state index < -0.39 is 18.0 Å². The molecule has 204 valence electrons. The zero-order valence-electron chi connectivity index (χ0n) is 21.8. The van der Waals surface area contributed by atoms with Gasteiger partial charge in [0.15, 0.2) is 17.6 Å². The van der Waals surface area contributed by atoms with E-state index >= 15 is 0 Å². The summed E-state index contributed by atoms with van der Waals surface area (Å²) in [6, 6.07) is 26.9. The molecule has 0 aliphatic rings. The highest BCUT2D eigenvalue weighted by molar-refractivity contribution is 6.36. The molecule has 7 nitrogen and oxygen atoms in total. The number of halogens is 2. The van der Waals surface area contributed by atoms with Gasteiger partial charge in [-0.15, -0.1) is 0 Å². The molecule has 0 saturated carbocycles. The van der Waals surface area contributed by atoms with Gasteiger partial charge < -0.3 is 14.2 Å². The van der Waals surface area contributed by atoms with Gasteiger partial charge in [-0.05, 0) is 79.1 Å². The Bertz CT molecular complexity index is 1510. The third kappa shape index (κ3) is 7.62. The number of hydrazone groups is 1. The van der Waals surface area contributed by atoms with Gasteiger partial charge in [0.25, 0.3) is 5.91 Å². The zero-order valence-corrected chi connectivity index (χ0v) is 23.3. The number of carbonyl (C=O) groups is 2. The van der Waals surface area contributed by atoms with Crippen LogP contribution in [0.5, 0.6) is 17.2 Å². The van der Waals surface area contributed by atoms with Crippen LogP contribution in [0, 0.1) is 0 Å². The Balaban J connectivity index is 1.35. The van der Waals surface area contributed by atoms with Crippen molar-refractivity contribution >= 4 is 41.3 Å². The minimum Gasteiger partial charge on any atom is -0.490 e. The summed E-state index contributed by atoms with van der Waals surface area (Å²) in [6.45, 7) is 3.78. The maximum atomic E-state index is 12.6. The molecular formula is C31H26Cl2N2O5. The Kier molecular flexibility index (Phi) is 9.78. The summed E-state index contributed by atoms with van der Waals surface area (Å²) in [5.41, 5.74) is 5.40. The van der Waals surface area contributed by atoms with E-state index in [4.69, 9.17) is 37.4 Å². The SMILES string of the molecule is CCOc1cc(/C=N\NC(=O)[C@H](C)Oc2ccc(-c3ccccc3)cc2)ccc1OC(=O)c1ccc(Cl)cc1Cl. The van der Waals surface area contributed by atoms with E-state index in [0.717, 1.165) is 11.1 Å². The predicted molar refractivity (Wildman–Crippen MR) is 157 cm³/mol. The number of nitrogens with zero attached hydrogens (tertiary/aromatic N) is 1. The highest BCUT2D eigenvalue weighted by Gasteiger charge is 2.17. The van der Waals surface area contributed by atoms with Crippen molar-refractivity contribution < 1.29 is 23.8 Å². The number of rotatable bonds is 10. The van der Waals surface area contributed by atoms with Crippen LogP contribution in [0.1, 0.15) is 29.8 Å². The first-order valence-corrected chi connectivity index (χ1v) is 13.2. The highest BCUT2D eigenvalue weighted by Crippen LogP contribution is 2.30. The van der Waals surface area contributed by atoms with Crippen molar-refractivity contribution in [1.82, 2.24) is 5.43 Å². The highest BCUT2D eigenvalue weighted by atomic mass is 35.5. The lowest BCUT2D eigenvalue weighted by atomic mass is 10.1. The van der Waals surface area contributed by atoms with Crippen molar-refractivity contribution in [2.24, 2.45) is 5.10 Å². The Morgan fingerprint density at radius 3 is 2.33 bits per heavy atom. The summed E-state index contributed by atoms with van der Waals surface area (Å²) >= 11 is 12.0. The van der Waals surface area contributed by atoms with E-state index in [1.807, 2.05) is 54.6 Å². The Morgan fingerprint density at radius 1 is 0.900 bits per heavy atom. The van der Waals surface area contributed by atoms with Gasteiger partial charge in [-0.3, -0.25) is 4.79 Å². The van der Waals surface area contributed by atoms with Crippen molar-refractivity contribution in [3.05, 3.63) is 112 Å². The predicted octanol–water partition coefficient (Wildman–Crippen LogP) is 7.20. The second-order valence-corrected chi connectivity index (χ2v) is 9.38. The normalized spacial score (nSPS) is 11.6. The van der Waals surface area contributed by atoms with Crippen LogP contribution in [-0.4, -0.2) is 30.8 Å². The number of hydrogen-bond acceptors (Lipinski definition) is 6. The summed E-state index contributed by atoms with van der Waals surface area (Å²) in [7, 11) is 0. The number of esters is 1. The van der Waals surface area contributed by atoms with Gasteiger partial charge in [-0.1, -0.05) is 65.7 Å². The minimum absolute atomic E-state index is 0.172. The third-order valence-electron chi connectivity index (χ3n) is 5.65. The van der Waals surface area contributed by atoms with Gasteiger partial charge in [0.2, 0.25) is 0 Å². The molecule has 9 heteroatoms. The molecule has 1 amide bonds. The van der Waals surface area contributed by atoms with E-state index in [1.54, 1.807) is 38.1 Å². The van der Waals surface area contributed by atoms with Crippen molar-refractivity contribution in [2.75, 3.05) is 6.61 Å². The van der Waals surface area contributed by atoms with Crippen LogP contribution in [0.25, 0.3) is 11.1 Å². The fourth-order valence-corrected chi connectivity index (χ4v) is 4.13. The zero-order chi connectivity index (χ0) is 28.5. The number of nitrogens with one attached hydrogen (secondary N) is 1. The average Bonchev–Trinajstić information content (AvgIpc) is 2.95. The van der Waals surface area contributed by atoms with Crippen LogP contribution >= 0.6 is 23.2 Å². The minimum atomic E-state index is -0.778. The maximum Gasteiger partial charge on any atom is 0.345 e. The van der Waals surface area contributed by atoms with Gasteiger partial charge in [0, 0.05) is 5.02 Å². The topological polar surface area (TPSA) is 86.2 Å². The van der Waals surface area contributed by atoms with E-state index in [9.17, 15) is 9.59 Å². The molecule has 0 bridgehead atoms. The number of carbonyl (C=O) groups excluding carboxylic acids is 2. The number of benzene rings is 4. The Labute approximate surface area is 242 Å². The fourth-order valence-electron chi connectivity index (χ4n) is 3.64. The molecule has 0 saturated heterocycles. The second-order valence-electron chi connectivity index (χ2n) is 8.54. The maximum absolute atomic E-state index is 12.6. The van der Waals surface area contributed by atoms with Crippen molar-refractivity contribution in [3.8, 4) is 28.4 Å². The lowest BCUT2D eigenvalue weighted by Crippen LogP contribution is -2.33. The number of hydrogen-bond donors (Lipinski definition) is 1. The van der Waals surface area contributed by atoms with Gasteiger partial charge in [0.05, 0.1) is 23.4 Å². The molecule has 0 spiro atoms. The molecule has 0 aromatic heterocycles. The molecule has 1 atom stereocenters. The molecule has 0 aliphatic carbocycles. The summed E-state index contributed by atoms with van der Waals surface area (Å²) in [6.07, 6.45) is 0.670. The lowest BCUT2D eigenvalue weighted by molar-refractivity contribution is -0.127. The van der Waals surface area contributed by atoms with Crippen LogP contribution in [0.3, 0.4) is 0 Å². The number of amides is 1.